The third-order valence-electron chi connectivity index (χ3n) is 2.95. The highest BCUT2D eigenvalue weighted by Gasteiger charge is 2.21. The zero-order valence-electron chi connectivity index (χ0n) is 10.1. The van der Waals surface area contributed by atoms with Crippen LogP contribution in [-0.2, 0) is 9.59 Å². The minimum Gasteiger partial charge on any atom is -0.347 e. The van der Waals surface area contributed by atoms with Crippen LogP contribution in [0.4, 0.5) is 0 Å². The van der Waals surface area contributed by atoms with Crippen molar-refractivity contribution in [2.45, 2.75) is 19.8 Å². The molecule has 5 nitrogen and oxygen atoms in total. The second kappa shape index (κ2) is 6.48. The molecule has 0 atom stereocenters. The van der Waals surface area contributed by atoms with Crippen LogP contribution in [0, 0.1) is 5.92 Å². The number of carbonyl (C=O) groups is 2. The molecule has 1 rings (SSSR count). The Balaban J connectivity index is 2.24. The van der Waals surface area contributed by atoms with E-state index in [1.54, 1.807) is 0 Å². The van der Waals surface area contributed by atoms with Crippen molar-refractivity contribution >= 4 is 11.8 Å². The van der Waals surface area contributed by atoms with Crippen LogP contribution in [0.2, 0.25) is 0 Å². The van der Waals surface area contributed by atoms with E-state index in [0.29, 0.717) is 5.92 Å². The molecule has 2 N–H and O–H groups in total. The molecule has 1 heterocycles. The Kier molecular flexibility index (Phi) is 5.25. The lowest BCUT2D eigenvalue weighted by Crippen LogP contribution is -2.44. The van der Waals surface area contributed by atoms with Crippen LogP contribution in [0.15, 0.2) is 0 Å². The normalized spacial score (nSPS) is 17.2. The third-order valence-corrected chi connectivity index (χ3v) is 2.95. The molecule has 16 heavy (non-hydrogen) atoms. The number of rotatable bonds is 4. The van der Waals surface area contributed by atoms with Gasteiger partial charge >= 0.3 is 0 Å². The van der Waals surface area contributed by atoms with E-state index in [9.17, 15) is 9.59 Å². The summed E-state index contributed by atoms with van der Waals surface area (Å²) < 4.78 is 0. The molecule has 0 spiro atoms. The molecule has 1 saturated heterocycles. The average Bonchev–Trinajstić information content (AvgIpc) is 2.27. The van der Waals surface area contributed by atoms with E-state index in [4.69, 9.17) is 0 Å². The summed E-state index contributed by atoms with van der Waals surface area (Å²) in [5, 5.41) is 5.70. The lowest BCUT2D eigenvalue weighted by atomic mass is 9.97. The summed E-state index contributed by atoms with van der Waals surface area (Å²) in [4.78, 5) is 24.2. The molecule has 0 bridgehead atoms. The zero-order valence-corrected chi connectivity index (χ0v) is 10.1. The van der Waals surface area contributed by atoms with Gasteiger partial charge < -0.3 is 15.5 Å². The molecule has 0 aromatic rings. The molecule has 1 aliphatic rings. The first-order chi connectivity index (χ1) is 7.63. The summed E-state index contributed by atoms with van der Waals surface area (Å²) >= 11 is 0. The van der Waals surface area contributed by atoms with E-state index in [-0.39, 0.29) is 18.4 Å². The summed E-state index contributed by atoms with van der Waals surface area (Å²) in [7, 11) is 1.95. The predicted octanol–water partition coefficient (Wildman–Crippen LogP) is -0.419. The van der Waals surface area contributed by atoms with E-state index >= 15 is 0 Å². The van der Waals surface area contributed by atoms with Gasteiger partial charge in [-0.05, 0) is 32.4 Å². The van der Waals surface area contributed by atoms with Crippen molar-refractivity contribution in [3.63, 3.8) is 0 Å². The summed E-state index contributed by atoms with van der Waals surface area (Å²) in [6, 6.07) is 0. The van der Waals surface area contributed by atoms with E-state index in [1.807, 2.05) is 11.9 Å². The number of carbonyl (C=O) groups excluding carboxylic acids is 2. The maximum atomic E-state index is 11.7. The van der Waals surface area contributed by atoms with Gasteiger partial charge in [0.1, 0.15) is 0 Å². The van der Waals surface area contributed by atoms with Crippen molar-refractivity contribution in [2.75, 3.05) is 33.2 Å². The number of piperidine rings is 1. The van der Waals surface area contributed by atoms with Crippen LogP contribution in [-0.4, -0.2) is 49.9 Å². The second-order valence-electron chi connectivity index (χ2n) is 4.29. The minimum absolute atomic E-state index is 0.0260. The molecule has 0 aliphatic carbocycles. The Morgan fingerprint density at radius 2 is 1.94 bits per heavy atom. The average molecular weight is 227 g/mol. The van der Waals surface area contributed by atoms with Gasteiger partial charge in [0, 0.05) is 20.0 Å². The van der Waals surface area contributed by atoms with E-state index in [0.717, 1.165) is 32.5 Å². The van der Waals surface area contributed by atoms with Crippen molar-refractivity contribution in [3.05, 3.63) is 0 Å². The van der Waals surface area contributed by atoms with Gasteiger partial charge in [-0.2, -0.15) is 0 Å². The van der Waals surface area contributed by atoms with Crippen LogP contribution < -0.4 is 10.6 Å². The minimum atomic E-state index is -0.154. The highest BCUT2D eigenvalue weighted by Crippen LogP contribution is 2.15. The first-order valence-electron chi connectivity index (χ1n) is 5.80. The largest absolute Gasteiger partial charge is 0.347 e. The first kappa shape index (κ1) is 13.0. The molecule has 1 aliphatic heterocycles. The summed E-state index contributed by atoms with van der Waals surface area (Å²) in [5.74, 6) is 0.548. The molecule has 0 unspecified atom stereocenters. The predicted molar refractivity (Wildman–Crippen MR) is 61.9 cm³/mol. The highest BCUT2D eigenvalue weighted by molar-refractivity contribution is 5.83. The zero-order chi connectivity index (χ0) is 12.0. The van der Waals surface area contributed by atoms with Crippen LogP contribution in [0.3, 0.4) is 0 Å². The fourth-order valence-electron chi connectivity index (χ4n) is 1.99. The summed E-state index contributed by atoms with van der Waals surface area (Å²) in [6.07, 6.45) is 2.10. The first-order valence-corrected chi connectivity index (χ1v) is 5.80. The van der Waals surface area contributed by atoms with Gasteiger partial charge in [-0.1, -0.05) is 0 Å². The van der Waals surface area contributed by atoms with Gasteiger partial charge in [0.15, 0.2) is 0 Å². The molecule has 0 radical (unpaired) electrons. The number of nitrogens with one attached hydrogen (secondary N) is 2. The molecule has 0 aromatic carbocycles. The Morgan fingerprint density at radius 1 is 1.31 bits per heavy atom. The topological polar surface area (TPSA) is 61.4 Å². The Morgan fingerprint density at radius 3 is 2.44 bits per heavy atom. The maximum Gasteiger partial charge on any atom is 0.241 e. The van der Waals surface area contributed by atoms with E-state index in [1.165, 1.54) is 6.92 Å². The van der Waals surface area contributed by atoms with Crippen molar-refractivity contribution in [2.24, 2.45) is 5.92 Å². The lowest BCUT2D eigenvalue weighted by Gasteiger charge is -2.32. The molecular formula is C11H21N3O2. The smallest absolute Gasteiger partial charge is 0.241 e. The standard InChI is InChI=1S/C11H21N3O2/c1-9(15)13-8-11(16)14-5-3-10(4-6-14)7-12-2/h10,12H,3-8H2,1-2H3,(H,13,15). The molecule has 2 amide bonds. The Labute approximate surface area is 96.6 Å². The van der Waals surface area contributed by atoms with Crippen molar-refractivity contribution < 1.29 is 9.59 Å². The maximum absolute atomic E-state index is 11.7. The van der Waals surface area contributed by atoms with E-state index in [2.05, 4.69) is 10.6 Å². The molecular weight excluding hydrogens is 206 g/mol. The lowest BCUT2D eigenvalue weighted by molar-refractivity contribution is -0.133. The van der Waals surface area contributed by atoms with Gasteiger partial charge in [-0.25, -0.2) is 0 Å². The molecule has 0 aromatic heterocycles. The Hall–Kier alpha value is -1.10. The molecule has 1 fully saturated rings. The Bertz CT molecular complexity index is 248. The van der Waals surface area contributed by atoms with Crippen LogP contribution >= 0.6 is 0 Å². The number of hydrogen-bond donors (Lipinski definition) is 2. The summed E-state index contributed by atoms with van der Waals surface area (Å²) in [6.45, 7) is 4.20. The highest BCUT2D eigenvalue weighted by atomic mass is 16.2. The van der Waals surface area contributed by atoms with Gasteiger partial charge in [-0.3, -0.25) is 9.59 Å². The third kappa shape index (κ3) is 4.18. The monoisotopic (exact) mass is 227 g/mol. The number of amides is 2. The second-order valence-corrected chi connectivity index (χ2v) is 4.29. The van der Waals surface area contributed by atoms with Crippen molar-refractivity contribution in [1.29, 1.82) is 0 Å². The van der Waals surface area contributed by atoms with Gasteiger partial charge in [0.05, 0.1) is 6.54 Å². The number of likely N-dealkylation sites (tertiary alicyclic amines) is 1. The number of hydrogen-bond acceptors (Lipinski definition) is 3. The fourth-order valence-corrected chi connectivity index (χ4v) is 1.99. The van der Waals surface area contributed by atoms with Crippen LogP contribution in [0.25, 0.3) is 0 Å². The van der Waals surface area contributed by atoms with Crippen LogP contribution in [0.1, 0.15) is 19.8 Å². The van der Waals surface area contributed by atoms with Crippen molar-refractivity contribution in [3.8, 4) is 0 Å². The van der Waals surface area contributed by atoms with Crippen LogP contribution in [0.5, 0.6) is 0 Å². The van der Waals surface area contributed by atoms with Gasteiger partial charge in [0.25, 0.3) is 0 Å². The van der Waals surface area contributed by atoms with Crippen molar-refractivity contribution in [1.82, 2.24) is 15.5 Å². The molecule has 5 heteroatoms. The fraction of sp³-hybridized carbons (Fsp3) is 0.818. The summed E-state index contributed by atoms with van der Waals surface area (Å²) in [5.41, 5.74) is 0. The van der Waals surface area contributed by atoms with E-state index < -0.39 is 0 Å². The molecule has 92 valence electrons. The number of nitrogens with zero attached hydrogens (tertiary/aromatic N) is 1. The quantitative estimate of drug-likeness (QED) is 0.686. The van der Waals surface area contributed by atoms with Gasteiger partial charge in [-0.15, -0.1) is 0 Å². The van der Waals surface area contributed by atoms with Gasteiger partial charge in [0.2, 0.25) is 11.8 Å². The SMILES string of the molecule is CNCC1CCN(C(=O)CNC(C)=O)CC1. The molecule has 0 saturated carbocycles.